The second-order valence-electron chi connectivity index (χ2n) is 8.45. The fraction of sp³-hybridized carbons (Fsp3) is 0.652. The van der Waals surface area contributed by atoms with Crippen LogP contribution in [0.25, 0.3) is 0 Å². The van der Waals surface area contributed by atoms with Crippen molar-refractivity contribution in [2.24, 2.45) is 11.8 Å². The van der Waals surface area contributed by atoms with Gasteiger partial charge in [0.1, 0.15) is 5.78 Å². The number of ether oxygens (including phenoxy) is 1. The first-order chi connectivity index (χ1) is 15.0. The molecule has 32 heavy (non-hydrogen) atoms. The number of carbonyl (C=O) groups is 2. The molecule has 0 radical (unpaired) electrons. The fourth-order valence-corrected chi connectivity index (χ4v) is 3.86. The van der Waals surface area contributed by atoms with Gasteiger partial charge in [0.05, 0.1) is 25.1 Å². The molecule has 4 atom stereocenters. The summed E-state index contributed by atoms with van der Waals surface area (Å²) in [7, 11) is -3.62. The van der Waals surface area contributed by atoms with Crippen molar-refractivity contribution in [2.45, 2.75) is 71.0 Å². The standard InChI is InChI=1S/C23H37NO7S/c1-17(2)10-9-11-18(25)13-14-20-19(21(26)16-22(20)27)12-7-5-4-6-8-15-31-23(28)24-32(3,29)30/h5,7,10,13-14,18-20,22,25,27H,4,6,8-9,11-12,15-16H2,1-3H3,(H,24,28)/t18-,19-,20-,22-/m1/s1. The number of hydrogen-bond donors (Lipinski definition) is 3. The van der Waals surface area contributed by atoms with E-state index in [4.69, 9.17) is 4.74 Å². The van der Waals surface area contributed by atoms with Gasteiger partial charge in [-0.15, -0.1) is 0 Å². The summed E-state index contributed by atoms with van der Waals surface area (Å²) in [5.41, 5.74) is 1.20. The molecule has 1 aliphatic carbocycles. The van der Waals surface area contributed by atoms with E-state index in [1.54, 1.807) is 16.9 Å². The number of nitrogens with one attached hydrogen (secondary N) is 1. The highest BCUT2D eigenvalue weighted by molar-refractivity contribution is 7.89. The van der Waals surface area contributed by atoms with Gasteiger partial charge in [0, 0.05) is 18.3 Å². The van der Waals surface area contributed by atoms with E-state index < -0.39 is 28.3 Å². The predicted octanol–water partition coefficient (Wildman–Crippen LogP) is 3.02. The maximum Gasteiger partial charge on any atom is 0.420 e. The summed E-state index contributed by atoms with van der Waals surface area (Å²) in [4.78, 5) is 23.5. The van der Waals surface area contributed by atoms with Gasteiger partial charge in [0.2, 0.25) is 10.0 Å². The van der Waals surface area contributed by atoms with Crippen molar-refractivity contribution in [2.75, 3.05) is 12.9 Å². The van der Waals surface area contributed by atoms with Gasteiger partial charge in [-0.2, -0.15) is 0 Å². The number of amides is 1. The average molecular weight is 472 g/mol. The van der Waals surface area contributed by atoms with Crippen molar-refractivity contribution in [1.82, 2.24) is 4.72 Å². The SMILES string of the molecule is CC(C)=CCC[C@@H](O)C=C[C@H]1[C@H](O)CC(=O)[C@@H]1CC=CCCCCOC(=O)NS(C)(=O)=O. The minimum Gasteiger partial charge on any atom is -0.449 e. The highest BCUT2D eigenvalue weighted by Crippen LogP contribution is 2.33. The van der Waals surface area contributed by atoms with E-state index in [0.29, 0.717) is 19.3 Å². The van der Waals surface area contributed by atoms with Crippen LogP contribution in [0.2, 0.25) is 0 Å². The number of sulfonamides is 1. The van der Waals surface area contributed by atoms with E-state index >= 15 is 0 Å². The minimum atomic E-state index is -3.62. The van der Waals surface area contributed by atoms with Crippen molar-refractivity contribution in [3.8, 4) is 0 Å². The van der Waals surface area contributed by atoms with Crippen LogP contribution in [0.4, 0.5) is 4.79 Å². The van der Waals surface area contributed by atoms with Crippen molar-refractivity contribution in [3.63, 3.8) is 0 Å². The Kier molecular flexibility index (Phi) is 12.5. The molecule has 8 nitrogen and oxygen atoms in total. The van der Waals surface area contributed by atoms with E-state index in [-0.39, 0.29) is 30.6 Å². The normalized spacial score (nSPS) is 22.4. The molecule has 0 spiro atoms. The third kappa shape index (κ3) is 12.2. The molecule has 0 saturated heterocycles. The highest BCUT2D eigenvalue weighted by Gasteiger charge is 2.39. The quantitative estimate of drug-likeness (QED) is 0.278. The summed E-state index contributed by atoms with van der Waals surface area (Å²) in [5.74, 6) is -0.571. The second kappa shape index (κ2) is 14.2. The lowest BCUT2D eigenvalue weighted by atomic mass is 9.90. The zero-order valence-electron chi connectivity index (χ0n) is 19.2. The molecule has 1 fully saturated rings. The lowest BCUT2D eigenvalue weighted by Crippen LogP contribution is -2.30. The Morgan fingerprint density at radius 2 is 1.97 bits per heavy atom. The van der Waals surface area contributed by atoms with Gasteiger partial charge in [0.15, 0.2) is 0 Å². The molecule has 3 N–H and O–H groups in total. The highest BCUT2D eigenvalue weighted by atomic mass is 32.2. The molecular weight excluding hydrogens is 434 g/mol. The third-order valence-corrected chi connectivity index (χ3v) is 5.66. The zero-order chi connectivity index (χ0) is 24.1. The maximum atomic E-state index is 12.3. The van der Waals surface area contributed by atoms with Crippen molar-refractivity contribution < 1.29 is 33.0 Å². The molecule has 0 bridgehead atoms. The van der Waals surface area contributed by atoms with E-state index in [0.717, 1.165) is 25.5 Å². The molecule has 1 rings (SSSR count). The summed E-state index contributed by atoms with van der Waals surface area (Å²) in [6, 6.07) is 0. The molecule has 0 aromatic carbocycles. The van der Waals surface area contributed by atoms with Crippen LogP contribution in [-0.4, -0.2) is 55.6 Å². The van der Waals surface area contributed by atoms with Gasteiger partial charge in [-0.1, -0.05) is 36.0 Å². The summed E-state index contributed by atoms with van der Waals surface area (Å²) in [6.45, 7) is 4.13. The smallest absolute Gasteiger partial charge is 0.420 e. The number of allylic oxidation sites excluding steroid dienone is 4. The van der Waals surface area contributed by atoms with E-state index in [9.17, 15) is 28.2 Å². The number of aliphatic hydroxyl groups is 2. The zero-order valence-corrected chi connectivity index (χ0v) is 20.0. The van der Waals surface area contributed by atoms with Crippen LogP contribution in [0, 0.1) is 11.8 Å². The van der Waals surface area contributed by atoms with Crippen LogP contribution in [0.15, 0.2) is 36.0 Å². The monoisotopic (exact) mass is 471 g/mol. The molecule has 1 amide bonds. The number of unbranched alkanes of at least 4 members (excludes halogenated alkanes) is 2. The molecule has 1 saturated carbocycles. The largest absolute Gasteiger partial charge is 0.449 e. The Balaban J connectivity index is 2.36. The van der Waals surface area contributed by atoms with Gasteiger partial charge >= 0.3 is 6.09 Å². The molecular formula is C23H37NO7S. The minimum absolute atomic E-state index is 0.0288. The Morgan fingerprint density at radius 1 is 1.25 bits per heavy atom. The van der Waals surface area contributed by atoms with Crippen LogP contribution in [0.1, 0.15) is 58.8 Å². The van der Waals surface area contributed by atoms with Crippen LogP contribution >= 0.6 is 0 Å². The molecule has 0 aromatic heterocycles. The summed E-state index contributed by atoms with van der Waals surface area (Å²) < 4.78 is 28.3. The Labute approximate surface area is 191 Å². The van der Waals surface area contributed by atoms with Crippen LogP contribution in [-0.2, 0) is 19.6 Å². The van der Waals surface area contributed by atoms with Crippen molar-refractivity contribution >= 4 is 21.9 Å². The summed E-state index contributed by atoms with van der Waals surface area (Å²) >= 11 is 0. The van der Waals surface area contributed by atoms with Crippen molar-refractivity contribution in [3.05, 3.63) is 36.0 Å². The lowest BCUT2D eigenvalue weighted by Gasteiger charge is -2.16. The van der Waals surface area contributed by atoms with Crippen LogP contribution < -0.4 is 4.72 Å². The van der Waals surface area contributed by atoms with Gasteiger partial charge in [-0.25, -0.2) is 17.9 Å². The van der Waals surface area contributed by atoms with E-state index in [1.807, 2.05) is 26.0 Å². The first kappa shape index (κ1) is 28.1. The third-order valence-electron chi connectivity index (χ3n) is 5.13. The van der Waals surface area contributed by atoms with Crippen LogP contribution in [0.3, 0.4) is 0 Å². The molecule has 182 valence electrons. The molecule has 9 heteroatoms. The number of rotatable bonds is 13. The Hall–Kier alpha value is -1.97. The van der Waals surface area contributed by atoms with Crippen LogP contribution in [0.5, 0.6) is 0 Å². The topological polar surface area (TPSA) is 130 Å². The second-order valence-corrected chi connectivity index (χ2v) is 10.2. The van der Waals surface area contributed by atoms with Gasteiger partial charge < -0.3 is 14.9 Å². The average Bonchev–Trinajstić information content (AvgIpc) is 2.93. The van der Waals surface area contributed by atoms with E-state index in [2.05, 4.69) is 6.08 Å². The number of ketones is 1. The molecule has 0 heterocycles. The Morgan fingerprint density at radius 3 is 2.62 bits per heavy atom. The first-order valence-electron chi connectivity index (χ1n) is 11.0. The molecule has 0 aliphatic heterocycles. The van der Waals surface area contributed by atoms with Gasteiger partial charge in [0.25, 0.3) is 0 Å². The van der Waals surface area contributed by atoms with Crippen molar-refractivity contribution in [1.29, 1.82) is 0 Å². The summed E-state index contributed by atoms with van der Waals surface area (Å²) in [6.07, 6.45) is 12.0. The molecule has 0 aromatic rings. The van der Waals surface area contributed by atoms with Gasteiger partial charge in [-0.3, -0.25) is 4.79 Å². The predicted molar refractivity (Wildman–Crippen MR) is 123 cm³/mol. The number of hydrogen-bond acceptors (Lipinski definition) is 7. The molecule has 1 aliphatic rings. The molecule has 0 unspecified atom stereocenters. The first-order valence-corrected chi connectivity index (χ1v) is 12.9. The number of aliphatic hydroxyl groups excluding tert-OH is 2. The summed E-state index contributed by atoms with van der Waals surface area (Å²) in [5, 5.41) is 20.3. The van der Waals surface area contributed by atoms with Gasteiger partial charge in [-0.05, 0) is 52.4 Å². The van der Waals surface area contributed by atoms with E-state index in [1.165, 1.54) is 5.57 Å². The number of carbonyl (C=O) groups excluding carboxylic acids is 2. The fourth-order valence-electron chi connectivity index (χ4n) is 3.49. The number of Topliss-reactive ketones (excluding diaryl/α,β-unsaturated/α-hetero) is 1. The Bertz CT molecular complexity index is 797. The maximum absolute atomic E-state index is 12.3. The lowest BCUT2D eigenvalue weighted by molar-refractivity contribution is -0.121.